The van der Waals surface area contributed by atoms with E-state index in [9.17, 15) is 0 Å². The van der Waals surface area contributed by atoms with E-state index in [0.717, 1.165) is 45.7 Å². The van der Waals surface area contributed by atoms with Gasteiger partial charge in [0.2, 0.25) is 0 Å². The van der Waals surface area contributed by atoms with Gasteiger partial charge in [0.05, 0.1) is 10.7 Å². The first-order chi connectivity index (χ1) is 10.3. The van der Waals surface area contributed by atoms with Gasteiger partial charge >= 0.3 is 0 Å². The monoisotopic (exact) mass is 301 g/mol. The maximum Gasteiger partial charge on any atom is 0.0926 e. The van der Waals surface area contributed by atoms with Gasteiger partial charge in [0, 0.05) is 44.6 Å². The van der Waals surface area contributed by atoms with Crippen molar-refractivity contribution in [2.45, 2.75) is 26.4 Å². The zero-order valence-corrected chi connectivity index (χ0v) is 13.5. The van der Waals surface area contributed by atoms with Crippen LogP contribution in [0.25, 0.3) is 0 Å². The molecule has 21 heavy (non-hydrogen) atoms. The van der Waals surface area contributed by atoms with Crippen molar-refractivity contribution in [1.82, 2.24) is 14.8 Å². The Hall–Kier alpha value is -1.23. The second-order valence-corrected chi connectivity index (χ2v) is 6.57. The van der Waals surface area contributed by atoms with Crippen molar-refractivity contribution in [2.24, 2.45) is 0 Å². The minimum Gasteiger partial charge on any atom is -0.297 e. The molecule has 0 aliphatic carbocycles. The van der Waals surface area contributed by atoms with E-state index in [1.807, 2.05) is 0 Å². The van der Waals surface area contributed by atoms with Gasteiger partial charge in [-0.1, -0.05) is 37.3 Å². The van der Waals surface area contributed by atoms with Gasteiger partial charge < -0.3 is 0 Å². The fourth-order valence-electron chi connectivity index (χ4n) is 2.76. The van der Waals surface area contributed by atoms with Crippen molar-refractivity contribution >= 4 is 11.3 Å². The third-order valence-electron chi connectivity index (χ3n) is 4.00. The SMILES string of the molecule is CCc1nc(CN2CCN(Cc3ccccc3)CC2)cs1. The molecule has 0 N–H and O–H groups in total. The number of thiazole rings is 1. The molecule has 2 heterocycles. The minimum atomic E-state index is 1.01. The Morgan fingerprint density at radius 2 is 1.67 bits per heavy atom. The van der Waals surface area contributed by atoms with Crippen molar-refractivity contribution < 1.29 is 0 Å². The van der Waals surface area contributed by atoms with Gasteiger partial charge in [-0.05, 0) is 12.0 Å². The first-order valence-corrected chi connectivity index (χ1v) is 8.63. The van der Waals surface area contributed by atoms with E-state index in [-0.39, 0.29) is 0 Å². The van der Waals surface area contributed by atoms with E-state index in [1.165, 1.54) is 16.3 Å². The van der Waals surface area contributed by atoms with Gasteiger partial charge in [-0.25, -0.2) is 4.98 Å². The van der Waals surface area contributed by atoms with Crippen LogP contribution in [-0.4, -0.2) is 41.0 Å². The van der Waals surface area contributed by atoms with Crippen LogP contribution in [0.3, 0.4) is 0 Å². The van der Waals surface area contributed by atoms with Gasteiger partial charge in [-0.15, -0.1) is 11.3 Å². The Bertz CT molecular complexity index is 544. The van der Waals surface area contributed by atoms with Crippen molar-refractivity contribution in [3.8, 4) is 0 Å². The van der Waals surface area contributed by atoms with Gasteiger partial charge in [0.1, 0.15) is 0 Å². The Balaban J connectivity index is 1.46. The summed E-state index contributed by atoms with van der Waals surface area (Å²) in [4.78, 5) is 9.74. The molecule has 1 saturated heterocycles. The summed E-state index contributed by atoms with van der Waals surface area (Å²) in [6.45, 7) is 8.85. The van der Waals surface area contributed by atoms with Crippen LogP contribution in [0.5, 0.6) is 0 Å². The largest absolute Gasteiger partial charge is 0.297 e. The third-order valence-corrected chi connectivity index (χ3v) is 5.04. The van der Waals surface area contributed by atoms with E-state index in [1.54, 1.807) is 11.3 Å². The van der Waals surface area contributed by atoms with E-state index in [2.05, 4.69) is 57.4 Å². The molecule has 0 atom stereocenters. The van der Waals surface area contributed by atoms with Gasteiger partial charge in [-0.2, -0.15) is 0 Å². The molecule has 4 heteroatoms. The Labute approximate surface area is 131 Å². The Morgan fingerprint density at radius 3 is 2.29 bits per heavy atom. The number of rotatable bonds is 5. The molecule has 3 nitrogen and oxygen atoms in total. The summed E-state index contributed by atoms with van der Waals surface area (Å²) in [6, 6.07) is 10.8. The predicted octanol–water partition coefficient (Wildman–Crippen LogP) is 3.02. The number of hydrogen-bond donors (Lipinski definition) is 0. The van der Waals surface area contributed by atoms with E-state index in [0.29, 0.717) is 0 Å². The lowest BCUT2D eigenvalue weighted by Crippen LogP contribution is -2.45. The number of benzene rings is 1. The minimum absolute atomic E-state index is 1.01. The number of aryl methyl sites for hydroxylation is 1. The molecule has 0 saturated carbocycles. The lowest BCUT2D eigenvalue weighted by atomic mass is 10.2. The molecule has 2 aromatic rings. The lowest BCUT2D eigenvalue weighted by Gasteiger charge is -2.34. The number of aromatic nitrogens is 1. The molecule has 0 spiro atoms. The molecule has 1 aliphatic heterocycles. The quantitative estimate of drug-likeness (QED) is 0.846. The Kier molecular flexibility index (Phi) is 5.01. The van der Waals surface area contributed by atoms with Crippen LogP contribution in [0.4, 0.5) is 0 Å². The maximum absolute atomic E-state index is 4.67. The summed E-state index contributed by atoms with van der Waals surface area (Å²) in [7, 11) is 0. The predicted molar refractivity (Wildman–Crippen MR) is 88.5 cm³/mol. The smallest absolute Gasteiger partial charge is 0.0926 e. The van der Waals surface area contributed by atoms with Crippen LogP contribution in [0.2, 0.25) is 0 Å². The molecule has 1 fully saturated rings. The van der Waals surface area contributed by atoms with Crippen molar-refractivity contribution in [3.63, 3.8) is 0 Å². The lowest BCUT2D eigenvalue weighted by molar-refractivity contribution is 0.121. The van der Waals surface area contributed by atoms with Crippen LogP contribution in [0, 0.1) is 0 Å². The molecular formula is C17H23N3S. The first-order valence-electron chi connectivity index (χ1n) is 7.75. The van der Waals surface area contributed by atoms with E-state index in [4.69, 9.17) is 0 Å². The van der Waals surface area contributed by atoms with Crippen molar-refractivity contribution in [1.29, 1.82) is 0 Å². The molecule has 3 rings (SSSR count). The van der Waals surface area contributed by atoms with Gasteiger partial charge in [-0.3, -0.25) is 9.80 Å². The summed E-state index contributed by atoms with van der Waals surface area (Å²) < 4.78 is 0. The first kappa shape index (κ1) is 14.7. The molecule has 0 radical (unpaired) electrons. The molecule has 0 unspecified atom stereocenters. The molecule has 0 amide bonds. The summed E-state index contributed by atoms with van der Waals surface area (Å²) in [5, 5.41) is 3.47. The fourth-order valence-corrected chi connectivity index (χ4v) is 3.50. The summed E-state index contributed by atoms with van der Waals surface area (Å²) in [5.41, 5.74) is 2.66. The third kappa shape index (κ3) is 4.13. The molecule has 0 bridgehead atoms. The standard InChI is InChI=1S/C17H23N3S/c1-2-17-18-16(14-21-17)13-20-10-8-19(9-11-20)12-15-6-4-3-5-7-15/h3-7,14H,2,8-13H2,1H3. The maximum atomic E-state index is 4.67. The van der Waals surface area contributed by atoms with E-state index >= 15 is 0 Å². The van der Waals surface area contributed by atoms with Crippen LogP contribution in [0.1, 0.15) is 23.2 Å². The summed E-state index contributed by atoms with van der Waals surface area (Å²) in [6.07, 6.45) is 1.05. The zero-order valence-electron chi connectivity index (χ0n) is 12.7. The molecule has 1 aliphatic rings. The van der Waals surface area contributed by atoms with Crippen LogP contribution < -0.4 is 0 Å². The van der Waals surface area contributed by atoms with Crippen LogP contribution >= 0.6 is 11.3 Å². The Morgan fingerprint density at radius 1 is 1.00 bits per heavy atom. The highest BCUT2D eigenvalue weighted by atomic mass is 32.1. The number of piperazine rings is 1. The normalized spacial score (nSPS) is 17.2. The summed E-state index contributed by atoms with van der Waals surface area (Å²) in [5.74, 6) is 0. The average Bonchev–Trinajstić information content (AvgIpc) is 2.98. The van der Waals surface area contributed by atoms with Crippen LogP contribution in [0.15, 0.2) is 35.7 Å². The van der Waals surface area contributed by atoms with E-state index < -0.39 is 0 Å². The van der Waals surface area contributed by atoms with Crippen molar-refractivity contribution in [2.75, 3.05) is 26.2 Å². The summed E-state index contributed by atoms with van der Waals surface area (Å²) >= 11 is 1.79. The van der Waals surface area contributed by atoms with Gasteiger partial charge in [0.15, 0.2) is 0 Å². The van der Waals surface area contributed by atoms with Crippen molar-refractivity contribution in [3.05, 3.63) is 52.0 Å². The van der Waals surface area contributed by atoms with Gasteiger partial charge in [0.25, 0.3) is 0 Å². The highest BCUT2D eigenvalue weighted by molar-refractivity contribution is 7.09. The topological polar surface area (TPSA) is 19.4 Å². The fraction of sp³-hybridized carbons (Fsp3) is 0.471. The number of hydrogen-bond acceptors (Lipinski definition) is 4. The molecular weight excluding hydrogens is 278 g/mol. The molecule has 112 valence electrons. The second kappa shape index (κ2) is 7.16. The molecule has 1 aromatic carbocycles. The van der Waals surface area contributed by atoms with Crippen LogP contribution in [-0.2, 0) is 19.5 Å². The highest BCUT2D eigenvalue weighted by Crippen LogP contribution is 2.14. The second-order valence-electron chi connectivity index (χ2n) is 5.62. The number of nitrogens with zero attached hydrogens (tertiary/aromatic N) is 3. The average molecular weight is 301 g/mol. The zero-order chi connectivity index (χ0) is 14.5. The molecule has 1 aromatic heterocycles. The highest BCUT2D eigenvalue weighted by Gasteiger charge is 2.17.